The average Bonchev–Trinajstić information content (AvgIpc) is 2.53. The van der Waals surface area contributed by atoms with Crippen molar-refractivity contribution in [3.05, 3.63) is 6.20 Å². The number of rotatable bonds is 3. The summed E-state index contributed by atoms with van der Waals surface area (Å²) >= 11 is 0. The van der Waals surface area contributed by atoms with Crippen LogP contribution in [0.4, 0.5) is 5.82 Å². The first kappa shape index (κ1) is 9.50. The Balaban J connectivity index is 2.84. The lowest BCUT2D eigenvalue weighted by atomic mass is 10.2. The molecule has 0 spiro atoms. The molecular weight excluding hydrogens is 172 g/mol. The van der Waals surface area contributed by atoms with E-state index in [0.29, 0.717) is 12.2 Å². The van der Waals surface area contributed by atoms with Crippen molar-refractivity contribution in [1.82, 2.24) is 15.0 Å². The number of carbonyl (C=O) groups excluding carboxylic acids is 1. The SMILES string of the molecule is CCC(C(=O)OC)n1cc(N)nn1. The summed E-state index contributed by atoms with van der Waals surface area (Å²) < 4.78 is 6.00. The lowest BCUT2D eigenvalue weighted by molar-refractivity contribution is -0.145. The topological polar surface area (TPSA) is 83.0 Å². The van der Waals surface area contributed by atoms with Crippen molar-refractivity contribution in [2.24, 2.45) is 0 Å². The van der Waals surface area contributed by atoms with Gasteiger partial charge in [0.1, 0.15) is 0 Å². The van der Waals surface area contributed by atoms with Gasteiger partial charge in [-0.05, 0) is 6.42 Å². The molecule has 1 atom stereocenters. The fourth-order valence-corrected chi connectivity index (χ4v) is 1.04. The van der Waals surface area contributed by atoms with Gasteiger partial charge in [0, 0.05) is 0 Å². The molecule has 0 radical (unpaired) electrons. The van der Waals surface area contributed by atoms with Gasteiger partial charge < -0.3 is 10.5 Å². The molecule has 0 aliphatic carbocycles. The predicted molar refractivity (Wildman–Crippen MR) is 45.8 cm³/mol. The van der Waals surface area contributed by atoms with Crippen molar-refractivity contribution in [3.8, 4) is 0 Å². The van der Waals surface area contributed by atoms with Crippen LogP contribution in [-0.2, 0) is 9.53 Å². The van der Waals surface area contributed by atoms with Gasteiger partial charge >= 0.3 is 5.97 Å². The zero-order valence-corrected chi connectivity index (χ0v) is 7.60. The third-order valence-corrected chi connectivity index (χ3v) is 1.71. The van der Waals surface area contributed by atoms with Crippen LogP contribution in [0, 0.1) is 0 Å². The Morgan fingerprint density at radius 1 is 1.85 bits per heavy atom. The van der Waals surface area contributed by atoms with Gasteiger partial charge in [0.25, 0.3) is 0 Å². The van der Waals surface area contributed by atoms with Gasteiger partial charge in [-0.25, -0.2) is 9.48 Å². The lowest BCUT2D eigenvalue weighted by Gasteiger charge is -2.10. The minimum Gasteiger partial charge on any atom is -0.467 e. The number of anilines is 1. The fraction of sp³-hybridized carbons (Fsp3) is 0.571. The van der Waals surface area contributed by atoms with E-state index < -0.39 is 6.04 Å². The van der Waals surface area contributed by atoms with E-state index in [1.165, 1.54) is 18.0 Å². The largest absolute Gasteiger partial charge is 0.467 e. The Morgan fingerprint density at radius 3 is 2.92 bits per heavy atom. The van der Waals surface area contributed by atoms with Crippen LogP contribution in [0.3, 0.4) is 0 Å². The Hall–Kier alpha value is -1.59. The maximum absolute atomic E-state index is 11.2. The number of methoxy groups -OCH3 is 1. The first-order valence-electron chi connectivity index (χ1n) is 3.94. The highest BCUT2D eigenvalue weighted by molar-refractivity contribution is 5.73. The maximum Gasteiger partial charge on any atom is 0.330 e. The van der Waals surface area contributed by atoms with Crippen LogP contribution < -0.4 is 5.73 Å². The molecule has 72 valence electrons. The molecule has 2 N–H and O–H groups in total. The lowest BCUT2D eigenvalue weighted by Crippen LogP contribution is -2.20. The summed E-state index contributed by atoms with van der Waals surface area (Å²) in [6, 6.07) is -0.435. The third-order valence-electron chi connectivity index (χ3n) is 1.71. The van der Waals surface area contributed by atoms with Crippen molar-refractivity contribution in [2.45, 2.75) is 19.4 Å². The summed E-state index contributed by atoms with van der Waals surface area (Å²) in [6.45, 7) is 1.86. The number of ether oxygens (including phenoxy) is 1. The first-order chi connectivity index (χ1) is 6.19. The molecule has 13 heavy (non-hydrogen) atoms. The smallest absolute Gasteiger partial charge is 0.330 e. The van der Waals surface area contributed by atoms with Gasteiger partial charge in [-0.1, -0.05) is 12.1 Å². The van der Waals surface area contributed by atoms with Crippen LogP contribution in [0.25, 0.3) is 0 Å². The summed E-state index contributed by atoms with van der Waals surface area (Å²) in [5, 5.41) is 7.28. The zero-order valence-electron chi connectivity index (χ0n) is 7.60. The molecule has 1 rings (SSSR count). The van der Waals surface area contributed by atoms with Crippen LogP contribution >= 0.6 is 0 Å². The van der Waals surface area contributed by atoms with E-state index in [2.05, 4.69) is 15.0 Å². The molecule has 1 aromatic rings. The predicted octanol–water partition coefficient (Wildman–Crippen LogP) is -0.0156. The number of carbonyl (C=O) groups is 1. The maximum atomic E-state index is 11.2. The van der Waals surface area contributed by atoms with Gasteiger partial charge in [-0.15, -0.1) is 5.10 Å². The molecule has 0 amide bonds. The van der Waals surface area contributed by atoms with Gasteiger partial charge in [-0.3, -0.25) is 0 Å². The molecule has 1 unspecified atom stereocenters. The molecular formula is C7H12N4O2. The number of aromatic nitrogens is 3. The van der Waals surface area contributed by atoms with Gasteiger partial charge in [0.15, 0.2) is 11.9 Å². The molecule has 0 saturated heterocycles. The van der Waals surface area contributed by atoms with Crippen LogP contribution in [0.2, 0.25) is 0 Å². The molecule has 0 aliphatic heterocycles. The molecule has 0 aliphatic rings. The number of nitrogens with two attached hydrogens (primary N) is 1. The van der Waals surface area contributed by atoms with Gasteiger partial charge in [0.2, 0.25) is 0 Å². The van der Waals surface area contributed by atoms with E-state index in [0.717, 1.165) is 0 Å². The normalized spacial score (nSPS) is 12.5. The van der Waals surface area contributed by atoms with E-state index >= 15 is 0 Å². The zero-order chi connectivity index (χ0) is 9.84. The molecule has 1 heterocycles. The van der Waals surface area contributed by atoms with Crippen molar-refractivity contribution in [1.29, 1.82) is 0 Å². The highest BCUT2D eigenvalue weighted by Gasteiger charge is 2.19. The number of nitrogen functional groups attached to an aromatic ring is 1. The van der Waals surface area contributed by atoms with E-state index in [9.17, 15) is 4.79 Å². The molecule has 0 saturated carbocycles. The Labute approximate surface area is 75.7 Å². The number of esters is 1. The molecule has 6 nitrogen and oxygen atoms in total. The summed E-state index contributed by atoms with van der Waals surface area (Å²) in [5.41, 5.74) is 5.37. The van der Waals surface area contributed by atoms with E-state index in [1.807, 2.05) is 6.92 Å². The second kappa shape index (κ2) is 3.88. The third kappa shape index (κ3) is 1.95. The molecule has 0 aromatic carbocycles. The second-order valence-corrected chi connectivity index (χ2v) is 2.57. The molecule has 1 aromatic heterocycles. The highest BCUT2D eigenvalue weighted by Crippen LogP contribution is 2.11. The van der Waals surface area contributed by atoms with Crippen molar-refractivity contribution in [3.63, 3.8) is 0 Å². The van der Waals surface area contributed by atoms with Gasteiger partial charge in [0.05, 0.1) is 13.3 Å². The summed E-state index contributed by atoms with van der Waals surface area (Å²) in [5.74, 6) is -0.0465. The number of hydrogen-bond acceptors (Lipinski definition) is 5. The number of hydrogen-bond donors (Lipinski definition) is 1. The Bertz CT molecular complexity index is 296. The molecule has 0 bridgehead atoms. The van der Waals surface area contributed by atoms with Crippen LogP contribution in [0.15, 0.2) is 6.20 Å². The van der Waals surface area contributed by atoms with Crippen molar-refractivity contribution < 1.29 is 9.53 Å². The van der Waals surface area contributed by atoms with Gasteiger partial charge in [-0.2, -0.15) is 0 Å². The van der Waals surface area contributed by atoms with Crippen molar-refractivity contribution in [2.75, 3.05) is 12.8 Å². The highest BCUT2D eigenvalue weighted by atomic mass is 16.5. The molecule has 0 fully saturated rings. The quantitative estimate of drug-likeness (QED) is 0.668. The summed E-state index contributed by atoms with van der Waals surface area (Å²) in [6.07, 6.45) is 2.10. The van der Waals surface area contributed by atoms with E-state index in [-0.39, 0.29) is 5.97 Å². The van der Waals surface area contributed by atoms with Crippen LogP contribution in [0.1, 0.15) is 19.4 Å². The van der Waals surface area contributed by atoms with E-state index in [1.54, 1.807) is 0 Å². The Kier molecular flexibility index (Phi) is 2.84. The summed E-state index contributed by atoms with van der Waals surface area (Å²) in [7, 11) is 1.34. The monoisotopic (exact) mass is 184 g/mol. The Morgan fingerprint density at radius 2 is 2.54 bits per heavy atom. The number of nitrogens with zero attached hydrogens (tertiary/aromatic N) is 3. The van der Waals surface area contributed by atoms with Crippen molar-refractivity contribution >= 4 is 11.8 Å². The van der Waals surface area contributed by atoms with Crippen LogP contribution in [-0.4, -0.2) is 28.1 Å². The molecule has 6 heteroatoms. The minimum absolute atomic E-state index is 0.294. The van der Waals surface area contributed by atoms with Crippen LogP contribution in [0.5, 0.6) is 0 Å². The fourth-order valence-electron chi connectivity index (χ4n) is 1.04. The van der Waals surface area contributed by atoms with E-state index in [4.69, 9.17) is 5.73 Å². The first-order valence-corrected chi connectivity index (χ1v) is 3.94. The minimum atomic E-state index is -0.435. The standard InChI is InChI=1S/C7H12N4O2/c1-3-5(7(12)13-2)11-4-6(8)9-10-11/h4-5H,3,8H2,1-2H3. The summed E-state index contributed by atoms with van der Waals surface area (Å²) in [4.78, 5) is 11.2. The average molecular weight is 184 g/mol. The second-order valence-electron chi connectivity index (χ2n) is 2.57.